The number of methoxy groups -OCH3 is 1. The van der Waals surface area contributed by atoms with Crippen molar-refractivity contribution in [2.75, 3.05) is 13.7 Å². The number of amides is 1. The second-order valence-corrected chi connectivity index (χ2v) is 7.79. The van der Waals surface area contributed by atoms with Crippen molar-refractivity contribution >= 4 is 50.5 Å². The molecule has 0 spiro atoms. The first kappa shape index (κ1) is 20.6. The zero-order chi connectivity index (χ0) is 22.0. The fraction of sp³-hybridized carbons (Fsp3) is 0.174. The predicted octanol–water partition coefficient (Wildman–Crippen LogP) is 4.25. The lowest BCUT2D eigenvalue weighted by molar-refractivity contribution is 0.0594. The van der Waals surface area contributed by atoms with Crippen LogP contribution in [0.15, 0.2) is 41.9 Å². The molecule has 1 N–H and O–H groups in total. The van der Waals surface area contributed by atoms with Gasteiger partial charge in [-0.15, -0.1) is 11.3 Å². The van der Waals surface area contributed by atoms with Crippen molar-refractivity contribution in [1.82, 2.24) is 15.3 Å². The van der Waals surface area contributed by atoms with Crippen molar-refractivity contribution in [1.29, 1.82) is 0 Å². The van der Waals surface area contributed by atoms with Crippen molar-refractivity contribution in [3.8, 4) is 11.1 Å². The van der Waals surface area contributed by atoms with Gasteiger partial charge in [0, 0.05) is 39.3 Å². The van der Waals surface area contributed by atoms with E-state index in [0.717, 1.165) is 28.2 Å². The van der Waals surface area contributed by atoms with E-state index in [1.54, 1.807) is 35.7 Å². The van der Waals surface area contributed by atoms with Crippen LogP contribution in [0.1, 0.15) is 44.7 Å². The van der Waals surface area contributed by atoms with Crippen LogP contribution in [0, 0.1) is 0 Å². The van der Waals surface area contributed by atoms with Crippen LogP contribution in [0.4, 0.5) is 0 Å². The third kappa shape index (κ3) is 3.77. The van der Waals surface area contributed by atoms with Crippen LogP contribution in [0.5, 0.6) is 0 Å². The Bertz CT molecular complexity index is 1330. The van der Waals surface area contributed by atoms with Crippen molar-refractivity contribution < 1.29 is 19.1 Å². The standard InChI is InChI=1S/C23H19N3O4S/c1-3-7-24-22(28)18-5-4-15(20(26-18)23(29)30-2)16-10-19-17(9-14(16)12-27)21-13(11-25-19)6-8-31-21/h4-6,8-12H,3,7H2,1-2H3,(H,24,28). The van der Waals surface area contributed by atoms with E-state index in [9.17, 15) is 14.4 Å². The van der Waals surface area contributed by atoms with E-state index >= 15 is 0 Å². The number of aldehydes is 1. The summed E-state index contributed by atoms with van der Waals surface area (Å²) in [6.45, 7) is 2.44. The van der Waals surface area contributed by atoms with Crippen LogP contribution >= 0.6 is 11.3 Å². The Kier molecular flexibility index (Phi) is 5.73. The van der Waals surface area contributed by atoms with Crippen molar-refractivity contribution in [2.24, 2.45) is 0 Å². The summed E-state index contributed by atoms with van der Waals surface area (Å²) in [4.78, 5) is 45.5. The smallest absolute Gasteiger partial charge is 0.357 e. The van der Waals surface area contributed by atoms with Gasteiger partial charge in [0.15, 0.2) is 12.0 Å². The van der Waals surface area contributed by atoms with E-state index in [-0.39, 0.29) is 17.3 Å². The molecule has 1 amide bonds. The second kappa shape index (κ2) is 8.61. The molecular weight excluding hydrogens is 414 g/mol. The summed E-state index contributed by atoms with van der Waals surface area (Å²) in [7, 11) is 1.24. The molecule has 0 bridgehead atoms. The van der Waals surface area contributed by atoms with Gasteiger partial charge in [-0.25, -0.2) is 9.78 Å². The zero-order valence-electron chi connectivity index (χ0n) is 17.0. The molecule has 0 unspecified atom stereocenters. The number of nitrogens with one attached hydrogen (secondary N) is 1. The Balaban J connectivity index is 1.91. The van der Waals surface area contributed by atoms with Gasteiger partial charge in [0.1, 0.15) is 5.69 Å². The van der Waals surface area contributed by atoms with E-state index in [2.05, 4.69) is 15.3 Å². The highest BCUT2D eigenvalue weighted by molar-refractivity contribution is 7.18. The van der Waals surface area contributed by atoms with Crippen LogP contribution in [0.25, 0.3) is 32.1 Å². The lowest BCUT2D eigenvalue weighted by atomic mass is 9.96. The summed E-state index contributed by atoms with van der Waals surface area (Å²) in [6.07, 6.45) is 3.29. The molecule has 4 rings (SSSR count). The maximum absolute atomic E-state index is 12.5. The molecule has 3 aromatic heterocycles. The molecule has 8 heteroatoms. The van der Waals surface area contributed by atoms with Gasteiger partial charge in [-0.3, -0.25) is 14.6 Å². The SMILES string of the molecule is CCCNC(=O)c1ccc(-c2cc3ncc4ccsc4c3cc2C=O)c(C(=O)OC)n1. The van der Waals surface area contributed by atoms with E-state index in [1.165, 1.54) is 13.2 Å². The fourth-order valence-electron chi connectivity index (χ4n) is 3.39. The summed E-state index contributed by atoms with van der Waals surface area (Å²) in [5.41, 5.74) is 2.05. The molecule has 7 nitrogen and oxygen atoms in total. The largest absolute Gasteiger partial charge is 0.464 e. The number of benzene rings is 1. The number of nitrogens with zero attached hydrogens (tertiary/aromatic N) is 2. The Hall–Kier alpha value is -3.65. The number of hydrogen-bond acceptors (Lipinski definition) is 7. The molecule has 0 saturated carbocycles. The second-order valence-electron chi connectivity index (χ2n) is 6.88. The number of thiophene rings is 1. The Morgan fingerprint density at radius 1 is 1.19 bits per heavy atom. The highest BCUT2D eigenvalue weighted by Gasteiger charge is 2.21. The zero-order valence-corrected chi connectivity index (χ0v) is 17.8. The fourth-order valence-corrected chi connectivity index (χ4v) is 4.29. The molecule has 0 saturated heterocycles. The first-order valence-corrected chi connectivity index (χ1v) is 10.6. The molecule has 1 aromatic carbocycles. The lowest BCUT2D eigenvalue weighted by Crippen LogP contribution is -2.25. The molecule has 0 aliphatic heterocycles. The topological polar surface area (TPSA) is 98.2 Å². The number of ether oxygens (including phenoxy) is 1. The van der Waals surface area contributed by atoms with Crippen molar-refractivity contribution in [2.45, 2.75) is 13.3 Å². The third-order valence-electron chi connectivity index (χ3n) is 4.91. The van der Waals surface area contributed by atoms with Gasteiger partial charge in [-0.1, -0.05) is 6.92 Å². The third-order valence-corrected chi connectivity index (χ3v) is 5.87. The first-order chi connectivity index (χ1) is 15.1. The Morgan fingerprint density at radius 3 is 2.77 bits per heavy atom. The molecular formula is C23H19N3O4S. The molecule has 156 valence electrons. The number of fused-ring (bicyclic) bond motifs is 3. The maximum atomic E-state index is 12.5. The average molecular weight is 433 g/mol. The van der Waals surface area contributed by atoms with Crippen LogP contribution in [0.2, 0.25) is 0 Å². The van der Waals surface area contributed by atoms with Gasteiger partial charge in [0.2, 0.25) is 0 Å². The number of carbonyl (C=O) groups is 3. The summed E-state index contributed by atoms with van der Waals surface area (Å²) >= 11 is 1.57. The van der Waals surface area contributed by atoms with Gasteiger partial charge in [-0.2, -0.15) is 0 Å². The predicted molar refractivity (Wildman–Crippen MR) is 120 cm³/mol. The summed E-state index contributed by atoms with van der Waals surface area (Å²) in [5.74, 6) is -1.08. The van der Waals surface area contributed by atoms with Gasteiger partial charge < -0.3 is 10.1 Å². The highest BCUT2D eigenvalue weighted by atomic mass is 32.1. The monoisotopic (exact) mass is 433 g/mol. The quantitative estimate of drug-likeness (QED) is 0.361. The van der Waals surface area contributed by atoms with Crippen molar-refractivity contribution in [3.63, 3.8) is 0 Å². The minimum Gasteiger partial charge on any atom is -0.464 e. The summed E-state index contributed by atoms with van der Waals surface area (Å²) < 4.78 is 5.92. The normalized spacial score (nSPS) is 10.9. The first-order valence-electron chi connectivity index (χ1n) is 9.70. The van der Waals surface area contributed by atoms with Crippen molar-refractivity contribution in [3.05, 3.63) is 58.9 Å². The van der Waals surface area contributed by atoms with E-state index < -0.39 is 5.97 Å². The number of rotatable bonds is 6. The Labute approximate surface area is 182 Å². The van der Waals surface area contributed by atoms with Crippen LogP contribution in [-0.4, -0.2) is 41.8 Å². The number of esters is 1. The number of pyridine rings is 2. The molecule has 4 aromatic rings. The van der Waals surface area contributed by atoms with E-state index in [4.69, 9.17) is 4.74 Å². The van der Waals surface area contributed by atoms with E-state index in [1.807, 2.05) is 18.4 Å². The number of hydrogen-bond donors (Lipinski definition) is 1. The van der Waals surface area contributed by atoms with Gasteiger partial charge >= 0.3 is 5.97 Å². The molecule has 3 heterocycles. The Morgan fingerprint density at radius 2 is 2.03 bits per heavy atom. The average Bonchev–Trinajstić information content (AvgIpc) is 3.30. The number of aromatic nitrogens is 2. The summed E-state index contributed by atoms with van der Waals surface area (Å²) in [5, 5.41) is 6.57. The number of carbonyl (C=O) groups excluding carboxylic acids is 3. The molecule has 0 atom stereocenters. The summed E-state index contributed by atoms with van der Waals surface area (Å²) in [6, 6.07) is 8.65. The van der Waals surface area contributed by atoms with Gasteiger partial charge in [-0.05, 0) is 47.7 Å². The van der Waals surface area contributed by atoms with Crippen LogP contribution in [-0.2, 0) is 4.74 Å². The van der Waals surface area contributed by atoms with Gasteiger partial charge in [0.25, 0.3) is 5.91 Å². The van der Waals surface area contributed by atoms with Gasteiger partial charge in [0.05, 0.1) is 12.6 Å². The molecule has 0 aliphatic rings. The van der Waals surface area contributed by atoms with E-state index in [0.29, 0.717) is 28.8 Å². The molecule has 31 heavy (non-hydrogen) atoms. The van der Waals surface area contributed by atoms with Crippen LogP contribution < -0.4 is 5.32 Å². The minimum atomic E-state index is -0.696. The lowest BCUT2D eigenvalue weighted by Gasteiger charge is -2.13. The minimum absolute atomic E-state index is 0.0358. The molecule has 0 aliphatic carbocycles. The highest BCUT2D eigenvalue weighted by Crippen LogP contribution is 2.34. The van der Waals surface area contributed by atoms with Crippen LogP contribution in [0.3, 0.4) is 0 Å². The molecule has 0 radical (unpaired) electrons. The molecule has 0 fully saturated rings. The maximum Gasteiger partial charge on any atom is 0.357 e.